The number of benzene rings is 1. The molecule has 1 rings (SSSR count). The lowest BCUT2D eigenvalue weighted by molar-refractivity contribution is -0.285. The zero-order chi connectivity index (χ0) is 22.2. The first kappa shape index (κ1) is 26.9. The normalized spacial score (nSPS) is 12.6. The van der Waals surface area contributed by atoms with Crippen LogP contribution < -0.4 is 0 Å². The molecule has 0 aliphatic rings. The van der Waals surface area contributed by atoms with Crippen molar-refractivity contribution in [2.75, 3.05) is 14.2 Å². The molecule has 3 nitrogen and oxygen atoms in total. The van der Waals surface area contributed by atoms with E-state index in [9.17, 15) is 13.2 Å². The van der Waals surface area contributed by atoms with Crippen molar-refractivity contribution in [3.63, 3.8) is 0 Å². The van der Waals surface area contributed by atoms with Crippen LogP contribution in [-0.4, -0.2) is 26.8 Å². The Balaban J connectivity index is 2.28. The van der Waals surface area contributed by atoms with Crippen molar-refractivity contribution in [2.45, 2.75) is 103 Å². The van der Waals surface area contributed by atoms with E-state index >= 15 is 0 Å². The minimum atomic E-state index is -1.40. The van der Waals surface area contributed by atoms with Crippen LogP contribution in [0.25, 0.3) is 0 Å². The minimum Gasteiger partial charge on any atom is -0.333 e. The van der Waals surface area contributed by atoms with Crippen LogP contribution in [-0.2, 0) is 20.6 Å². The Morgan fingerprint density at radius 2 is 1.23 bits per heavy atom. The standard InChI is InChI=1S/C24H39F3O3/c1-4-5-6-7-8-12-15-20(30-24(28-2)29-3)16-13-10-9-11-14-19-17-21(25)23(27)22(26)18-19/h17-18,20,24H,4-16H2,1-3H3. The van der Waals surface area contributed by atoms with E-state index in [0.717, 1.165) is 57.1 Å². The molecule has 0 fully saturated rings. The van der Waals surface area contributed by atoms with Crippen molar-refractivity contribution in [3.8, 4) is 0 Å². The zero-order valence-electron chi connectivity index (χ0n) is 18.9. The summed E-state index contributed by atoms with van der Waals surface area (Å²) in [6.45, 7) is 1.58. The molecule has 6 heteroatoms. The molecule has 0 aliphatic carbocycles. The number of ether oxygens (including phenoxy) is 3. The summed E-state index contributed by atoms with van der Waals surface area (Å²) in [7, 11) is 3.13. The van der Waals surface area contributed by atoms with Crippen molar-refractivity contribution >= 4 is 0 Å². The van der Waals surface area contributed by atoms with Crippen LogP contribution in [0, 0.1) is 17.5 Å². The lowest BCUT2D eigenvalue weighted by Crippen LogP contribution is -2.25. The summed E-state index contributed by atoms with van der Waals surface area (Å²) in [5, 5.41) is 0. The fourth-order valence-electron chi connectivity index (χ4n) is 3.60. The SMILES string of the molecule is CCCCCCCCC(CCCCCCc1cc(F)c(F)c(F)c1)OC(OC)OC. The second kappa shape index (κ2) is 16.6. The van der Waals surface area contributed by atoms with Gasteiger partial charge >= 0.3 is 0 Å². The largest absolute Gasteiger partial charge is 0.333 e. The number of methoxy groups -OCH3 is 2. The number of rotatable bonds is 18. The monoisotopic (exact) mass is 432 g/mol. The predicted molar refractivity (Wildman–Crippen MR) is 114 cm³/mol. The van der Waals surface area contributed by atoms with Crippen LogP contribution in [0.5, 0.6) is 0 Å². The van der Waals surface area contributed by atoms with E-state index in [0.29, 0.717) is 12.0 Å². The third-order valence-corrected chi connectivity index (χ3v) is 5.35. The number of halogens is 3. The molecule has 0 saturated heterocycles. The second-order valence-electron chi connectivity index (χ2n) is 7.90. The molecule has 0 heterocycles. The molecular formula is C24H39F3O3. The first-order chi connectivity index (χ1) is 14.5. The van der Waals surface area contributed by atoms with Crippen LogP contribution in [0.3, 0.4) is 0 Å². The smallest absolute Gasteiger partial charge is 0.271 e. The summed E-state index contributed by atoms with van der Waals surface area (Å²) < 4.78 is 55.8. The molecular weight excluding hydrogens is 393 g/mol. The summed E-state index contributed by atoms with van der Waals surface area (Å²) >= 11 is 0. The van der Waals surface area contributed by atoms with Gasteiger partial charge in [0.25, 0.3) is 6.48 Å². The number of hydrogen-bond acceptors (Lipinski definition) is 3. The maximum Gasteiger partial charge on any atom is 0.271 e. The van der Waals surface area contributed by atoms with Crippen molar-refractivity contribution in [3.05, 3.63) is 35.1 Å². The van der Waals surface area contributed by atoms with Crippen molar-refractivity contribution in [1.82, 2.24) is 0 Å². The van der Waals surface area contributed by atoms with Crippen LogP contribution in [0.2, 0.25) is 0 Å². The number of aryl methyl sites for hydroxylation is 1. The van der Waals surface area contributed by atoms with Crippen molar-refractivity contribution in [1.29, 1.82) is 0 Å². The minimum absolute atomic E-state index is 0.0985. The molecule has 1 atom stereocenters. The Morgan fingerprint density at radius 1 is 0.733 bits per heavy atom. The topological polar surface area (TPSA) is 27.7 Å². The fourth-order valence-corrected chi connectivity index (χ4v) is 3.60. The van der Waals surface area contributed by atoms with Gasteiger partial charge in [-0.15, -0.1) is 0 Å². The molecule has 0 saturated carbocycles. The maximum atomic E-state index is 13.3. The van der Waals surface area contributed by atoms with E-state index in [1.165, 1.54) is 32.1 Å². The van der Waals surface area contributed by atoms with E-state index in [4.69, 9.17) is 14.2 Å². The van der Waals surface area contributed by atoms with Crippen LogP contribution >= 0.6 is 0 Å². The highest BCUT2D eigenvalue weighted by atomic mass is 19.2. The highest BCUT2D eigenvalue weighted by Crippen LogP contribution is 2.19. The first-order valence-electron chi connectivity index (χ1n) is 11.4. The van der Waals surface area contributed by atoms with E-state index in [1.54, 1.807) is 14.2 Å². The lowest BCUT2D eigenvalue weighted by atomic mass is 10.0. The number of unbranched alkanes of at least 4 members (excludes halogenated alkanes) is 8. The van der Waals surface area contributed by atoms with Crippen LogP contribution in [0.1, 0.15) is 89.5 Å². The highest BCUT2D eigenvalue weighted by Gasteiger charge is 2.15. The third kappa shape index (κ3) is 11.3. The van der Waals surface area contributed by atoms with Gasteiger partial charge in [0.15, 0.2) is 17.5 Å². The van der Waals surface area contributed by atoms with Gasteiger partial charge in [-0.05, 0) is 43.4 Å². The quantitative estimate of drug-likeness (QED) is 0.138. The van der Waals surface area contributed by atoms with Crippen molar-refractivity contribution in [2.24, 2.45) is 0 Å². The Labute approximate surface area is 180 Å². The third-order valence-electron chi connectivity index (χ3n) is 5.35. The molecule has 0 bridgehead atoms. The molecule has 0 amide bonds. The highest BCUT2D eigenvalue weighted by molar-refractivity contribution is 5.19. The molecule has 0 N–H and O–H groups in total. The van der Waals surface area contributed by atoms with Crippen LogP contribution in [0.4, 0.5) is 13.2 Å². The summed E-state index contributed by atoms with van der Waals surface area (Å²) in [6.07, 6.45) is 13.8. The van der Waals surface area contributed by atoms with Gasteiger partial charge in [0, 0.05) is 14.2 Å². The van der Waals surface area contributed by atoms with Gasteiger partial charge in [0.2, 0.25) is 0 Å². The Bertz CT molecular complexity index is 542. The van der Waals surface area contributed by atoms with Gasteiger partial charge in [-0.1, -0.05) is 64.7 Å². The van der Waals surface area contributed by atoms with Crippen LogP contribution in [0.15, 0.2) is 12.1 Å². The molecule has 1 aromatic rings. The molecule has 1 aromatic carbocycles. The molecule has 30 heavy (non-hydrogen) atoms. The van der Waals surface area contributed by atoms with E-state index in [-0.39, 0.29) is 6.10 Å². The molecule has 1 unspecified atom stereocenters. The number of hydrogen-bond donors (Lipinski definition) is 0. The van der Waals surface area contributed by atoms with Gasteiger partial charge in [-0.25, -0.2) is 13.2 Å². The van der Waals surface area contributed by atoms with E-state index in [2.05, 4.69) is 6.92 Å². The second-order valence-corrected chi connectivity index (χ2v) is 7.90. The van der Waals surface area contributed by atoms with Gasteiger partial charge in [-0.3, -0.25) is 0 Å². The zero-order valence-corrected chi connectivity index (χ0v) is 18.9. The van der Waals surface area contributed by atoms with Gasteiger partial charge in [-0.2, -0.15) is 0 Å². The maximum absolute atomic E-state index is 13.3. The Kier molecular flexibility index (Phi) is 14.9. The van der Waals surface area contributed by atoms with Gasteiger partial charge in [0.05, 0.1) is 6.10 Å². The molecule has 0 aliphatic heterocycles. The average molecular weight is 433 g/mol. The fraction of sp³-hybridized carbons (Fsp3) is 0.750. The van der Waals surface area contributed by atoms with Crippen molar-refractivity contribution < 1.29 is 27.4 Å². The van der Waals surface area contributed by atoms with E-state index in [1.807, 2.05) is 0 Å². The van der Waals surface area contributed by atoms with Gasteiger partial charge < -0.3 is 14.2 Å². The first-order valence-corrected chi connectivity index (χ1v) is 11.4. The predicted octanol–water partition coefficient (Wildman–Crippen LogP) is 7.31. The lowest BCUT2D eigenvalue weighted by Gasteiger charge is -2.23. The average Bonchev–Trinajstić information content (AvgIpc) is 2.74. The Hall–Kier alpha value is -1.11. The summed E-state index contributed by atoms with van der Waals surface area (Å²) in [5.41, 5.74) is 0.499. The van der Waals surface area contributed by atoms with E-state index < -0.39 is 23.9 Å². The Morgan fingerprint density at radius 3 is 1.77 bits per heavy atom. The summed E-state index contributed by atoms with van der Waals surface area (Å²) in [5.74, 6) is -3.64. The molecule has 0 aromatic heterocycles. The molecule has 0 spiro atoms. The summed E-state index contributed by atoms with van der Waals surface area (Å²) in [4.78, 5) is 0. The van der Waals surface area contributed by atoms with Gasteiger partial charge in [0.1, 0.15) is 0 Å². The molecule has 0 radical (unpaired) electrons. The molecule has 174 valence electrons. The summed E-state index contributed by atoms with van der Waals surface area (Å²) in [6, 6.07) is 2.16.